The summed E-state index contributed by atoms with van der Waals surface area (Å²) in [6.07, 6.45) is -2.35. The van der Waals surface area contributed by atoms with Crippen molar-refractivity contribution in [3.05, 3.63) is 23.3 Å². The normalized spacial score (nSPS) is 21.2. The number of hydrogen-bond donors (Lipinski definition) is 2. The van der Waals surface area contributed by atoms with Gasteiger partial charge in [0.2, 0.25) is 25.1 Å². The zero-order valence-corrected chi connectivity index (χ0v) is 14.1. The van der Waals surface area contributed by atoms with Gasteiger partial charge in [-0.25, -0.2) is 0 Å². The molecule has 0 amide bonds. The minimum atomic E-state index is -1.18. The molecule has 2 N–H and O–H groups in total. The van der Waals surface area contributed by atoms with Gasteiger partial charge in [-0.1, -0.05) is 0 Å². The Bertz CT molecular complexity index is 847. The van der Waals surface area contributed by atoms with Crippen molar-refractivity contribution >= 4 is 0 Å². The van der Waals surface area contributed by atoms with Gasteiger partial charge in [-0.3, -0.25) is 0 Å². The highest BCUT2D eigenvalue weighted by molar-refractivity contribution is 5.90. The van der Waals surface area contributed by atoms with Crippen LogP contribution in [0, 0.1) is 0 Å². The fraction of sp³-hybridized carbons (Fsp3) is 0.333. The van der Waals surface area contributed by atoms with Crippen LogP contribution in [0.4, 0.5) is 0 Å². The van der Waals surface area contributed by atoms with Gasteiger partial charge in [0.1, 0.15) is 12.2 Å². The first-order chi connectivity index (χ1) is 12.7. The number of benzene rings is 2. The molecule has 0 aromatic heterocycles. The summed E-state index contributed by atoms with van der Waals surface area (Å²) in [6, 6.07) is 3.29. The van der Waals surface area contributed by atoms with Crippen molar-refractivity contribution in [1.29, 1.82) is 0 Å². The molecule has 2 aromatic carbocycles. The van der Waals surface area contributed by atoms with Crippen LogP contribution in [0.5, 0.6) is 34.5 Å². The van der Waals surface area contributed by atoms with E-state index in [1.54, 1.807) is 12.1 Å². The third kappa shape index (κ3) is 1.80. The molecule has 1 aliphatic carbocycles. The zero-order valence-electron chi connectivity index (χ0n) is 14.1. The molecular weight excluding hydrogens is 344 g/mol. The predicted octanol–water partition coefficient (Wildman–Crippen LogP) is 1.91. The van der Waals surface area contributed by atoms with Gasteiger partial charge >= 0.3 is 0 Å². The Morgan fingerprint density at radius 2 is 1.12 bits per heavy atom. The molecule has 8 heteroatoms. The van der Waals surface area contributed by atoms with Crippen LogP contribution in [0.1, 0.15) is 23.3 Å². The van der Waals surface area contributed by atoms with Crippen LogP contribution in [0.25, 0.3) is 11.1 Å². The van der Waals surface area contributed by atoms with Crippen LogP contribution < -0.4 is 28.4 Å². The Kier molecular flexibility index (Phi) is 3.16. The number of rotatable bonds is 2. The van der Waals surface area contributed by atoms with Crippen LogP contribution >= 0.6 is 0 Å². The minimum absolute atomic E-state index is 0.0336. The second-order valence-electron chi connectivity index (χ2n) is 6.11. The fourth-order valence-corrected chi connectivity index (χ4v) is 3.74. The maximum absolute atomic E-state index is 10.7. The van der Waals surface area contributed by atoms with E-state index in [1.807, 2.05) is 0 Å². The molecule has 0 saturated heterocycles. The largest absolute Gasteiger partial charge is 0.493 e. The van der Waals surface area contributed by atoms with E-state index in [4.69, 9.17) is 28.4 Å². The van der Waals surface area contributed by atoms with Gasteiger partial charge in [0.05, 0.1) is 14.2 Å². The molecule has 0 saturated carbocycles. The van der Waals surface area contributed by atoms with Crippen LogP contribution in [0.3, 0.4) is 0 Å². The Hall–Kier alpha value is -2.84. The summed E-state index contributed by atoms with van der Waals surface area (Å²) in [6.45, 7) is 0.0671. The molecular formula is C18H16O8. The van der Waals surface area contributed by atoms with E-state index in [0.717, 1.165) is 0 Å². The Labute approximate surface area is 148 Å². The number of aliphatic hydroxyl groups is 2. The van der Waals surface area contributed by atoms with Crippen molar-refractivity contribution < 1.29 is 38.6 Å². The standard InChI is InChI=1S/C18H16O8/c1-21-9-3-7-11(17-15(9)23-5-25-17)12-8(14(20)13(7)19)4-10(22-2)16-18(12)26-6-24-16/h3-4,13-14,19-20H,5-6H2,1-2H3. The molecule has 136 valence electrons. The monoisotopic (exact) mass is 360 g/mol. The summed E-state index contributed by atoms with van der Waals surface area (Å²) in [7, 11) is 3.01. The van der Waals surface area contributed by atoms with Crippen LogP contribution in [0.15, 0.2) is 12.1 Å². The van der Waals surface area contributed by atoms with Gasteiger partial charge in [-0.2, -0.15) is 0 Å². The van der Waals surface area contributed by atoms with Gasteiger partial charge in [0.25, 0.3) is 0 Å². The molecule has 2 atom stereocenters. The van der Waals surface area contributed by atoms with E-state index in [9.17, 15) is 10.2 Å². The van der Waals surface area contributed by atoms with E-state index in [0.29, 0.717) is 56.8 Å². The lowest BCUT2D eigenvalue weighted by molar-refractivity contribution is 0.0153. The molecule has 8 nitrogen and oxygen atoms in total. The summed E-state index contributed by atoms with van der Waals surface area (Å²) < 4.78 is 33.1. The van der Waals surface area contributed by atoms with Gasteiger partial charge in [0, 0.05) is 11.1 Å². The molecule has 2 aliphatic heterocycles. The van der Waals surface area contributed by atoms with Crippen LogP contribution in [-0.4, -0.2) is 38.0 Å². The Morgan fingerprint density at radius 3 is 1.50 bits per heavy atom. The first kappa shape index (κ1) is 15.4. The summed E-state index contributed by atoms with van der Waals surface area (Å²) >= 11 is 0. The fourth-order valence-electron chi connectivity index (χ4n) is 3.74. The minimum Gasteiger partial charge on any atom is -0.493 e. The molecule has 2 unspecified atom stereocenters. The number of hydrogen-bond acceptors (Lipinski definition) is 8. The smallest absolute Gasteiger partial charge is 0.231 e. The summed E-state index contributed by atoms with van der Waals surface area (Å²) in [4.78, 5) is 0. The highest BCUT2D eigenvalue weighted by Crippen LogP contribution is 2.61. The summed E-state index contributed by atoms with van der Waals surface area (Å²) in [5.41, 5.74) is 2.12. The molecule has 26 heavy (non-hydrogen) atoms. The third-order valence-electron chi connectivity index (χ3n) is 4.90. The topological polar surface area (TPSA) is 95.8 Å². The van der Waals surface area contributed by atoms with Crippen molar-refractivity contribution in [1.82, 2.24) is 0 Å². The van der Waals surface area contributed by atoms with Crippen molar-refractivity contribution in [2.75, 3.05) is 27.8 Å². The third-order valence-corrected chi connectivity index (χ3v) is 4.90. The number of aliphatic hydroxyl groups excluding tert-OH is 2. The first-order valence-electron chi connectivity index (χ1n) is 8.03. The molecule has 0 bridgehead atoms. The molecule has 0 radical (unpaired) electrons. The molecule has 5 rings (SSSR count). The lowest BCUT2D eigenvalue weighted by Crippen LogP contribution is -2.18. The van der Waals surface area contributed by atoms with Gasteiger partial charge in [-0.15, -0.1) is 0 Å². The van der Waals surface area contributed by atoms with Crippen molar-refractivity contribution in [3.63, 3.8) is 0 Å². The van der Waals surface area contributed by atoms with Crippen molar-refractivity contribution in [2.24, 2.45) is 0 Å². The van der Waals surface area contributed by atoms with E-state index >= 15 is 0 Å². The number of ether oxygens (including phenoxy) is 6. The van der Waals surface area contributed by atoms with Gasteiger partial charge < -0.3 is 38.6 Å². The predicted molar refractivity (Wildman–Crippen MR) is 87.1 cm³/mol. The maximum Gasteiger partial charge on any atom is 0.231 e. The molecule has 2 heterocycles. The Balaban J connectivity index is 1.89. The quantitative estimate of drug-likeness (QED) is 0.839. The second kappa shape index (κ2) is 5.33. The number of fused-ring (bicyclic) bond motifs is 7. The average Bonchev–Trinajstić information content (AvgIpc) is 3.33. The summed E-state index contributed by atoms with van der Waals surface area (Å²) in [5, 5.41) is 21.5. The molecule has 0 fully saturated rings. The zero-order chi connectivity index (χ0) is 18.0. The van der Waals surface area contributed by atoms with Crippen molar-refractivity contribution in [2.45, 2.75) is 12.2 Å². The van der Waals surface area contributed by atoms with Gasteiger partial charge in [-0.05, 0) is 23.3 Å². The SMILES string of the molecule is COc1cc2c(c3c1OCO3)-c1c(cc(OC)c3c1OCO3)C(O)C2O. The lowest BCUT2D eigenvalue weighted by Gasteiger charge is -2.31. The highest BCUT2D eigenvalue weighted by Gasteiger charge is 2.42. The van der Waals surface area contributed by atoms with Crippen LogP contribution in [-0.2, 0) is 0 Å². The lowest BCUT2D eigenvalue weighted by atomic mass is 9.80. The first-order valence-corrected chi connectivity index (χ1v) is 8.03. The van der Waals surface area contributed by atoms with Crippen LogP contribution in [0.2, 0.25) is 0 Å². The highest BCUT2D eigenvalue weighted by atomic mass is 16.7. The van der Waals surface area contributed by atoms with Gasteiger partial charge in [0.15, 0.2) is 23.0 Å². The maximum atomic E-state index is 10.7. The van der Waals surface area contributed by atoms with E-state index in [2.05, 4.69) is 0 Å². The average molecular weight is 360 g/mol. The molecule has 2 aromatic rings. The van der Waals surface area contributed by atoms with E-state index < -0.39 is 12.2 Å². The Morgan fingerprint density at radius 1 is 0.731 bits per heavy atom. The second-order valence-corrected chi connectivity index (χ2v) is 6.11. The molecule has 0 spiro atoms. The molecule has 3 aliphatic rings. The summed E-state index contributed by atoms with van der Waals surface area (Å²) in [5.74, 6) is 2.62. The number of methoxy groups -OCH3 is 2. The van der Waals surface area contributed by atoms with E-state index in [-0.39, 0.29) is 13.6 Å². The van der Waals surface area contributed by atoms with E-state index in [1.165, 1.54) is 14.2 Å². The van der Waals surface area contributed by atoms with Crippen molar-refractivity contribution in [3.8, 4) is 45.6 Å².